The van der Waals surface area contributed by atoms with Crippen LogP contribution in [0.5, 0.6) is 0 Å². The number of hydrogen-bond donors (Lipinski definition) is 3. The smallest absolute Gasteiger partial charge is 0.463 e. The second kappa shape index (κ2) is 44.5. The summed E-state index contributed by atoms with van der Waals surface area (Å²) in [5.41, 5.74) is 0. The second-order valence-electron chi connectivity index (χ2n) is 14.6. The van der Waals surface area contributed by atoms with Crippen LogP contribution in [0.3, 0.4) is 0 Å². The van der Waals surface area contributed by atoms with Crippen LogP contribution in [0.25, 0.3) is 0 Å². The summed E-state index contributed by atoms with van der Waals surface area (Å²) in [6.45, 7) is 3.31. The van der Waals surface area contributed by atoms with Crippen LogP contribution >= 0.6 is 7.82 Å². The van der Waals surface area contributed by atoms with Crippen molar-refractivity contribution in [2.75, 3.05) is 26.4 Å². The Balaban J connectivity index is 3.71. The van der Waals surface area contributed by atoms with Crippen LogP contribution in [0.15, 0.2) is 97.2 Å². The zero-order valence-electron chi connectivity index (χ0n) is 36.9. The minimum atomic E-state index is -4.44. The lowest BCUT2D eigenvalue weighted by Gasteiger charge is -2.15. The number of esters is 1. The van der Waals surface area contributed by atoms with Crippen LogP contribution < -0.4 is 5.32 Å². The number of carbonyl (C=O) groups excluding carboxylic acids is 2. The van der Waals surface area contributed by atoms with Crippen LogP contribution in [0.4, 0.5) is 0 Å². The first-order chi connectivity index (χ1) is 28.8. The lowest BCUT2D eigenvalue weighted by Crippen LogP contribution is -2.27. The molecule has 2 atom stereocenters. The molecule has 0 spiro atoms. The van der Waals surface area contributed by atoms with Gasteiger partial charge in [0.1, 0.15) is 12.7 Å². The van der Waals surface area contributed by atoms with E-state index in [0.717, 1.165) is 64.2 Å². The number of unbranched alkanes of at least 4 members (excludes halogenated alkanes) is 12. The Morgan fingerprint density at radius 2 is 0.983 bits per heavy atom. The molecule has 0 saturated heterocycles. The topological polar surface area (TPSA) is 131 Å². The van der Waals surface area contributed by atoms with Gasteiger partial charge in [-0.25, -0.2) is 4.57 Å². The minimum Gasteiger partial charge on any atom is -0.463 e. The van der Waals surface area contributed by atoms with E-state index in [4.69, 9.17) is 13.8 Å². The molecular formula is C49H82NO8P. The number of phosphoric ester groups is 1. The lowest BCUT2D eigenvalue weighted by molar-refractivity contribution is -0.147. The maximum atomic E-state index is 12.1. The number of allylic oxidation sites excluding steroid dienone is 16. The number of aliphatic hydroxyl groups excluding tert-OH is 1. The fourth-order valence-electron chi connectivity index (χ4n) is 5.61. The van der Waals surface area contributed by atoms with Crippen LogP contribution in [-0.4, -0.2) is 54.3 Å². The summed E-state index contributed by atoms with van der Waals surface area (Å²) in [5.74, 6) is -0.614. The molecule has 59 heavy (non-hydrogen) atoms. The van der Waals surface area contributed by atoms with Crippen molar-refractivity contribution in [1.82, 2.24) is 5.32 Å². The van der Waals surface area contributed by atoms with Gasteiger partial charge in [-0.2, -0.15) is 0 Å². The molecule has 0 rings (SSSR count). The molecule has 3 N–H and O–H groups in total. The van der Waals surface area contributed by atoms with Gasteiger partial charge in [0.15, 0.2) is 0 Å². The molecule has 0 fully saturated rings. The largest absolute Gasteiger partial charge is 0.472 e. The van der Waals surface area contributed by atoms with Gasteiger partial charge in [0, 0.05) is 19.4 Å². The highest BCUT2D eigenvalue weighted by Crippen LogP contribution is 2.42. The summed E-state index contributed by atoms with van der Waals surface area (Å²) in [5, 5.41) is 12.7. The van der Waals surface area contributed by atoms with Crippen molar-refractivity contribution < 1.29 is 37.9 Å². The Morgan fingerprint density at radius 3 is 1.49 bits per heavy atom. The van der Waals surface area contributed by atoms with Crippen molar-refractivity contribution in [2.24, 2.45) is 0 Å². The Hall–Kier alpha value is -3.07. The molecule has 0 aromatic heterocycles. The number of amides is 1. The van der Waals surface area contributed by atoms with E-state index in [-0.39, 0.29) is 32.1 Å². The first-order valence-electron chi connectivity index (χ1n) is 22.7. The monoisotopic (exact) mass is 844 g/mol. The molecule has 0 aromatic carbocycles. The highest BCUT2D eigenvalue weighted by Gasteiger charge is 2.23. The molecule has 0 aliphatic heterocycles. The van der Waals surface area contributed by atoms with Gasteiger partial charge in [-0.15, -0.1) is 0 Å². The summed E-state index contributed by atoms with van der Waals surface area (Å²) in [4.78, 5) is 33.9. The average Bonchev–Trinajstić information content (AvgIpc) is 3.22. The number of rotatable bonds is 41. The molecule has 0 bridgehead atoms. The molecule has 1 amide bonds. The van der Waals surface area contributed by atoms with Crippen molar-refractivity contribution in [1.29, 1.82) is 0 Å². The van der Waals surface area contributed by atoms with Crippen molar-refractivity contribution in [2.45, 2.75) is 174 Å². The number of carbonyl (C=O) groups is 2. The van der Waals surface area contributed by atoms with Gasteiger partial charge in [-0.05, 0) is 83.5 Å². The predicted molar refractivity (Wildman–Crippen MR) is 247 cm³/mol. The maximum Gasteiger partial charge on any atom is 0.472 e. The van der Waals surface area contributed by atoms with Gasteiger partial charge in [0.2, 0.25) is 5.91 Å². The fraction of sp³-hybridized carbons (Fsp3) is 0.633. The normalized spacial score (nSPS) is 14.2. The summed E-state index contributed by atoms with van der Waals surface area (Å²) < 4.78 is 26.8. The molecule has 0 heterocycles. The van der Waals surface area contributed by atoms with Crippen molar-refractivity contribution in [3.8, 4) is 0 Å². The minimum absolute atomic E-state index is 0.0651. The van der Waals surface area contributed by atoms with Crippen molar-refractivity contribution in [3.63, 3.8) is 0 Å². The molecule has 0 saturated carbocycles. The molecule has 336 valence electrons. The first-order valence-corrected chi connectivity index (χ1v) is 24.2. The van der Waals surface area contributed by atoms with E-state index in [2.05, 4.69) is 104 Å². The number of hydrogen-bond acceptors (Lipinski definition) is 7. The number of ether oxygens (including phenoxy) is 1. The molecular weight excluding hydrogens is 762 g/mol. The van der Waals surface area contributed by atoms with E-state index in [1.54, 1.807) is 0 Å². The molecule has 10 heteroatoms. The standard InChI is InChI=1S/C49H82NO8P/c1-3-5-7-9-11-13-15-17-19-21-23-25-27-29-31-33-35-37-39-41-48(52)50-43-44-57-59(54,55)58-46-47(51)45-56-49(53)42-40-38-36-34-32-30-28-26-24-22-20-18-16-14-12-10-8-6-4-2/h6,8,11-14,17-20,24,26,30,32,36,38,47,51H,3-5,7,9-10,15-16,21-23,25,27-29,31,33-35,37,39-46H2,1-2H3,(H,50,52)(H,54,55)/b8-6-,13-11-,14-12-,19-17-,20-18-,26-24-,32-30-,38-36-. The first kappa shape index (κ1) is 55.9. The highest BCUT2D eigenvalue weighted by atomic mass is 31.2. The van der Waals surface area contributed by atoms with Gasteiger partial charge in [0.25, 0.3) is 0 Å². The van der Waals surface area contributed by atoms with Crippen LogP contribution in [-0.2, 0) is 27.9 Å². The van der Waals surface area contributed by atoms with E-state index in [9.17, 15) is 24.2 Å². The quantitative estimate of drug-likeness (QED) is 0.0240. The highest BCUT2D eigenvalue weighted by molar-refractivity contribution is 7.47. The van der Waals surface area contributed by atoms with Gasteiger partial charge in [-0.3, -0.25) is 18.6 Å². The van der Waals surface area contributed by atoms with Crippen LogP contribution in [0.1, 0.15) is 168 Å². The van der Waals surface area contributed by atoms with Gasteiger partial charge >= 0.3 is 13.8 Å². The Kier molecular flexibility index (Phi) is 42.2. The van der Waals surface area contributed by atoms with E-state index in [1.165, 1.54) is 70.6 Å². The fourth-order valence-corrected chi connectivity index (χ4v) is 6.37. The van der Waals surface area contributed by atoms with Gasteiger partial charge in [-0.1, -0.05) is 169 Å². The summed E-state index contributed by atoms with van der Waals surface area (Å²) in [6, 6.07) is 0. The Bertz CT molecular complexity index is 1280. The second-order valence-corrected chi connectivity index (χ2v) is 16.1. The third-order valence-electron chi connectivity index (χ3n) is 9.01. The molecule has 0 radical (unpaired) electrons. The third-order valence-corrected chi connectivity index (χ3v) is 10.00. The third kappa shape index (κ3) is 45.9. The Morgan fingerprint density at radius 1 is 0.542 bits per heavy atom. The van der Waals surface area contributed by atoms with Gasteiger partial charge in [0.05, 0.1) is 13.2 Å². The van der Waals surface area contributed by atoms with E-state index in [0.29, 0.717) is 12.8 Å². The van der Waals surface area contributed by atoms with E-state index in [1.807, 2.05) is 12.2 Å². The molecule has 0 aliphatic carbocycles. The molecule has 9 nitrogen and oxygen atoms in total. The van der Waals surface area contributed by atoms with E-state index >= 15 is 0 Å². The van der Waals surface area contributed by atoms with Crippen LogP contribution in [0.2, 0.25) is 0 Å². The van der Waals surface area contributed by atoms with Crippen LogP contribution in [0, 0.1) is 0 Å². The zero-order chi connectivity index (χ0) is 43.2. The molecule has 0 aliphatic rings. The summed E-state index contributed by atoms with van der Waals surface area (Å²) in [6.07, 6.45) is 57.8. The number of nitrogens with one attached hydrogen (secondary N) is 1. The van der Waals surface area contributed by atoms with Crippen molar-refractivity contribution in [3.05, 3.63) is 97.2 Å². The predicted octanol–water partition coefficient (Wildman–Crippen LogP) is 13.0. The number of phosphoric acid groups is 1. The van der Waals surface area contributed by atoms with Gasteiger partial charge < -0.3 is 20.1 Å². The SMILES string of the molecule is CC/C=C\C/C=C\C/C=C\C/C=C\C/C=C\C/C=C\CCC(=O)OCC(O)COP(=O)(O)OCCNC(=O)CCCCCCCCCCC/C=C\C/C=C\CCCCC. The summed E-state index contributed by atoms with van der Waals surface area (Å²) in [7, 11) is -4.44. The zero-order valence-corrected chi connectivity index (χ0v) is 37.8. The average molecular weight is 844 g/mol. The van der Waals surface area contributed by atoms with E-state index < -0.39 is 26.5 Å². The number of aliphatic hydroxyl groups is 1. The Labute approximate surface area is 359 Å². The van der Waals surface area contributed by atoms with Crippen molar-refractivity contribution >= 4 is 19.7 Å². The molecule has 0 aromatic rings. The maximum absolute atomic E-state index is 12.1. The molecule has 2 unspecified atom stereocenters. The summed E-state index contributed by atoms with van der Waals surface area (Å²) >= 11 is 0. The lowest BCUT2D eigenvalue weighted by atomic mass is 10.1.